The van der Waals surface area contributed by atoms with Crippen molar-refractivity contribution in [3.8, 4) is 17.2 Å². The third-order valence-electron chi connectivity index (χ3n) is 5.36. The van der Waals surface area contributed by atoms with Gasteiger partial charge in [0.15, 0.2) is 11.5 Å². The zero-order valence-corrected chi connectivity index (χ0v) is 17.9. The van der Waals surface area contributed by atoms with Crippen LogP contribution < -0.4 is 14.2 Å². The minimum absolute atomic E-state index is 0.114. The van der Waals surface area contributed by atoms with Crippen LogP contribution in [0, 0.1) is 0 Å². The smallest absolute Gasteiger partial charge is 0.214 e. The Morgan fingerprint density at radius 1 is 1.03 bits per heavy atom. The average molecular weight is 421 g/mol. The summed E-state index contributed by atoms with van der Waals surface area (Å²) < 4.78 is 18.0. The Labute approximate surface area is 180 Å². The molecule has 0 saturated heterocycles. The van der Waals surface area contributed by atoms with Crippen molar-refractivity contribution in [2.24, 2.45) is 5.10 Å². The molecule has 1 aromatic heterocycles. The molecule has 3 heterocycles. The van der Waals surface area contributed by atoms with Crippen LogP contribution in [0.1, 0.15) is 48.5 Å². The molecule has 0 spiro atoms. The van der Waals surface area contributed by atoms with Crippen LogP contribution in [0.25, 0.3) is 0 Å². The first kappa shape index (κ1) is 19.0. The molecule has 2 aliphatic heterocycles. The largest absolute Gasteiger partial charge is 0.494 e. The van der Waals surface area contributed by atoms with E-state index in [9.17, 15) is 0 Å². The molecule has 154 valence electrons. The molecule has 0 N–H and O–H groups in total. The zero-order chi connectivity index (χ0) is 20.5. The maximum absolute atomic E-state index is 6.54. The SMILES string of the molecule is CCOc1ccc([C@@H]2Oc3c(OCC)cccc3[C@H]3CC(c4cccs4)=NN32)cc1. The normalized spacial score (nSPS) is 19.5. The molecule has 0 bridgehead atoms. The van der Waals surface area contributed by atoms with Gasteiger partial charge >= 0.3 is 0 Å². The van der Waals surface area contributed by atoms with E-state index in [4.69, 9.17) is 19.3 Å². The van der Waals surface area contributed by atoms with Crippen molar-refractivity contribution < 1.29 is 14.2 Å². The van der Waals surface area contributed by atoms with Gasteiger partial charge in [-0.3, -0.25) is 0 Å². The molecule has 0 amide bonds. The van der Waals surface area contributed by atoms with E-state index in [1.807, 2.05) is 38.1 Å². The molecular formula is C24H24N2O3S. The summed E-state index contributed by atoms with van der Waals surface area (Å²) in [7, 11) is 0. The fourth-order valence-corrected chi connectivity index (χ4v) is 4.78. The maximum atomic E-state index is 6.54. The number of ether oxygens (including phenoxy) is 3. The predicted octanol–water partition coefficient (Wildman–Crippen LogP) is 5.79. The van der Waals surface area contributed by atoms with Crippen LogP contribution in [-0.2, 0) is 0 Å². The van der Waals surface area contributed by atoms with Crippen LogP contribution in [-0.4, -0.2) is 23.9 Å². The lowest BCUT2D eigenvalue weighted by molar-refractivity contribution is -0.0212. The summed E-state index contributed by atoms with van der Waals surface area (Å²) in [6, 6.07) is 18.5. The Morgan fingerprint density at radius 2 is 1.87 bits per heavy atom. The molecule has 0 radical (unpaired) electrons. The molecule has 5 rings (SSSR count). The Morgan fingerprint density at radius 3 is 2.60 bits per heavy atom. The molecule has 0 saturated carbocycles. The first-order chi connectivity index (χ1) is 14.8. The van der Waals surface area contributed by atoms with Gasteiger partial charge in [0.05, 0.1) is 29.8 Å². The monoisotopic (exact) mass is 420 g/mol. The number of thiophene rings is 1. The topological polar surface area (TPSA) is 43.3 Å². The van der Waals surface area contributed by atoms with E-state index in [-0.39, 0.29) is 12.3 Å². The minimum Gasteiger partial charge on any atom is -0.494 e. The van der Waals surface area contributed by atoms with Crippen molar-refractivity contribution in [3.63, 3.8) is 0 Å². The summed E-state index contributed by atoms with van der Waals surface area (Å²) in [5.41, 5.74) is 3.26. The second kappa shape index (κ2) is 8.03. The molecular weight excluding hydrogens is 396 g/mol. The number of hydrogen-bond donors (Lipinski definition) is 0. The lowest BCUT2D eigenvalue weighted by atomic mass is 9.97. The summed E-state index contributed by atoms with van der Waals surface area (Å²) >= 11 is 1.72. The summed E-state index contributed by atoms with van der Waals surface area (Å²) in [6.45, 7) is 5.22. The van der Waals surface area contributed by atoms with Gasteiger partial charge in [-0.25, -0.2) is 5.01 Å². The molecule has 0 unspecified atom stereocenters. The van der Waals surface area contributed by atoms with E-state index in [2.05, 4.69) is 40.7 Å². The van der Waals surface area contributed by atoms with Crippen LogP contribution >= 0.6 is 11.3 Å². The molecule has 2 aromatic carbocycles. The lowest BCUT2D eigenvalue weighted by Crippen LogP contribution is -2.33. The number of hydrazone groups is 1. The third kappa shape index (κ3) is 3.31. The highest BCUT2D eigenvalue weighted by Crippen LogP contribution is 2.51. The summed E-state index contributed by atoms with van der Waals surface area (Å²) in [4.78, 5) is 1.21. The molecule has 3 aromatic rings. The van der Waals surface area contributed by atoms with Gasteiger partial charge in [-0.2, -0.15) is 5.10 Å². The fourth-order valence-electron chi connectivity index (χ4n) is 4.06. The van der Waals surface area contributed by atoms with Gasteiger partial charge in [-0.15, -0.1) is 11.3 Å². The standard InChI is InChI=1S/C24H24N2O3S/c1-3-27-17-12-10-16(11-13-17)24-26-20(15-19(25-26)22-9-6-14-30-22)18-7-5-8-21(28-4-2)23(18)29-24/h5-14,20,24H,3-4,15H2,1-2H3/t20-,24+/m1/s1. The minimum atomic E-state index is -0.322. The van der Waals surface area contributed by atoms with Crippen molar-refractivity contribution in [2.45, 2.75) is 32.5 Å². The number of nitrogens with zero attached hydrogens (tertiary/aromatic N) is 2. The molecule has 0 fully saturated rings. The molecule has 2 aliphatic rings. The molecule has 30 heavy (non-hydrogen) atoms. The quantitative estimate of drug-likeness (QED) is 0.506. The van der Waals surface area contributed by atoms with Gasteiger partial charge in [0.1, 0.15) is 5.75 Å². The number of fused-ring (bicyclic) bond motifs is 3. The van der Waals surface area contributed by atoms with E-state index < -0.39 is 0 Å². The average Bonchev–Trinajstić information content (AvgIpc) is 3.45. The van der Waals surface area contributed by atoms with E-state index in [0.29, 0.717) is 13.2 Å². The lowest BCUT2D eigenvalue weighted by Gasteiger charge is -2.38. The van der Waals surface area contributed by atoms with E-state index in [1.54, 1.807) is 11.3 Å². The van der Waals surface area contributed by atoms with Gasteiger partial charge < -0.3 is 14.2 Å². The van der Waals surface area contributed by atoms with Crippen LogP contribution in [0.4, 0.5) is 0 Å². The Kier molecular flexibility index (Phi) is 5.09. The summed E-state index contributed by atoms with van der Waals surface area (Å²) in [6.07, 6.45) is 0.525. The van der Waals surface area contributed by atoms with E-state index >= 15 is 0 Å². The second-order valence-corrected chi connectivity index (χ2v) is 8.15. The van der Waals surface area contributed by atoms with Crippen LogP contribution in [0.5, 0.6) is 17.2 Å². The van der Waals surface area contributed by atoms with Crippen molar-refractivity contribution in [1.82, 2.24) is 5.01 Å². The highest BCUT2D eigenvalue weighted by atomic mass is 32.1. The first-order valence-electron chi connectivity index (χ1n) is 10.3. The second-order valence-electron chi connectivity index (χ2n) is 7.20. The van der Waals surface area contributed by atoms with E-state index in [0.717, 1.165) is 40.5 Å². The number of rotatable bonds is 6. The van der Waals surface area contributed by atoms with Gasteiger partial charge in [0.25, 0.3) is 0 Å². The Balaban J connectivity index is 1.57. The van der Waals surface area contributed by atoms with Crippen molar-refractivity contribution >= 4 is 17.0 Å². The molecule has 0 aliphatic carbocycles. The molecule has 6 heteroatoms. The van der Waals surface area contributed by atoms with Crippen LogP contribution in [0.15, 0.2) is 65.1 Å². The number of hydrogen-bond acceptors (Lipinski definition) is 6. The van der Waals surface area contributed by atoms with Gasteiger partial charge in [0.2, 0.25) is 6.23 Å². The summed E-state index contributed by atoms with van der Waals surface area (Å²) in [5.74, 6) is 2.46. The van der Waals surface area contributed by atoms with Crippen molar-refractivity contribution in [3.05, 3.63) is 76.0 Å². The van der Waals surface area contributed by atoms with Crippen molar-refractivity contribution in [1.29, 1.82) is 0 Å². The van der Waals surface area contributed by atoms with Gasteiger partial charge in [0, 0.05) is 17.5 Å². The van der Waals surface area contributed by atoms with E-state index in [1.165, 1.54) is 4.88 Å². The highest BCUT2D eigenvalue weighted by molar-refractivity contribution is 7.12. The molecule has 2 atom stereocenters. The zero-order valence-electron chi connectivity index (χ0n) is 17.1. The molecule has 5 nitrogen and oxygen atoms in total. The van der Waals surface area contributed by atoms with Gasteiger partial charge in [-0.1, -0.05) is 18.2 Å². The fraction of sp³-hybridized carbons (Fsp3) is 0.292. The summed E-state index contributed by atoms with van der Waals surface area (Å²) in [5, 5.41) is 9.20. The highest BCUT2D eigenvalue weighted by Gasteiger charge is 2.42. The van der Waals surface area contributed by atoms with Gasteiger partial charge in [-0.05, 0) is 55.6 Å². The number of benzene rings is 2. The Hall–Kier alpha value is -2.99. The van der Waals surface area contributed by atoms with Crippen LogP contribution in [0.2, 0.25) is 0 Å². The predicted molar refractivity (Wildman–Crippen MR) is 119 cm³/mol. The first-order valence-corrected chi connectivity index (χ1v) is 11.2. The van der Waals surface area contributed by atoms with Crippen LogP contribution in [0.3, 0.4) is 0 Å². The van der Waals surface area contributed by atoms with Crippen molar-refractivity contribution in [2.75, 3.05) is 13.2 Å². The third-order valence-corrected chi connectivity index (χ3v) is 6.28. The Bertz CT molecular complexity index is 1050. The number of para-hydroxylation sites is 1. The maximum Gasteiger partial charge on any atom is 0.214 e.